The van der Waals surface area contributed by atoms with Gasteiger partial charge in [-0.25, -0.2) is 14.8 Å². The number of carboxylic acids is 1. The number of pyridine rings is 1. The number of rotatable bonds is 14. The third kappa shape index (κ3) is 7.09. The van der Waals surface area contributed by atoms with Crippen molar-refractivity contribution in [3.8, 4) is 11.1 Å². The number of aromatic nitrogens is 6. The minimum Gasteiger partial charge on any atom is -0.476 e. The van der Waals surface area contributed by atoms with Crippen LogP contribution in [0.1, 0.15) is 105 Å². The quantitative estimate of drug-likeness (QED) is 0.0800. The molecule has 0 unspecified atom stereocenters. The van der Waals surface area contributed by atoms with Crippen LogP contribution >= 0.6 is 11.3 Å². The average molecular weight is 790 g/mol. The lowest BCUT2D eigenvalue weighted by Crippen LogP contribution is -2.60. The highest BCUT2D eigenvalue weighted by Gasteiger charge is 2.65. The van der Waals surface area contributed by atoms with Gasteiger partial charge in [-0.2, -0.15) is 5.10 Å². The van der Waals surface area contributed by atoms with Gasteiger partial charge in [-0.15, -0.1) is 10.2 Å². The van der Waals surface area contributed by atoms with E-state index in [0.29, 0.717) is 45.8 Å². The maximum atomic E-state index is 12.9. The first-order valence-electron chi connectivity index (χ1n) is 20.7. The summed E-state index contributed by atoms with van der Waals surface area (Å²) in [4.78, 5) is 24.5. The zero-order chi connectivity index (χ0) is 39.6. The van der Waals surface area contributed by atoms with E-state index in [-0.39, 0.29) is 17.7 Å². The average Bonchev–Trinajstić information content (AvgIpc) is 3.74. The number of carboxylic acid groups (broad SMARTS) is 1. The Bertz CT molecular complexity index is 2290. The van der Waals surface area contributed by atoms with Crippen molar-refractivity contribution in [3.63, 3.8) is 0 Å². The molecule has 5 aromatic rings. The molecule has 4 bridgehead atoms. The van der Waals surface area contributed by atoms with Gasteiger partial charge < -0.3 is 25.7 Å². The van der Waals surface area contributed by atoms with E-state index in [0.717, 1.165) is 83.1 Å². The molecule has 4 aromatic heterocycles. The van der Waals surface area contributed by atoms with Crippen LogP contribution in [0.25, 0.3) is 21.3 Å². The second-order valence-electron chi connectivity index (χ2n) is 18.6. The summed E-state index contributed by atoms with van der Waals surface area (Å²) >= 11 is 1.58. The number of benzene rings is 1. The number of aromatic carboxylic acids is 1. The Morgan fingerprint density at radius 2 is 1.68 bits per heavy atom. The molecule has 1 aliphatic heterocycles. The molecule has 13 heteroatoms. The van der Waals surface area contributed by atoms with Gasteiger partial charge >= 0.3 is 5.97 Å². The van der Waals surface area contributed by atoms with Crippen LogP contribution in [0.4, 0.5) is 22.6 Å². The number of nitrogens with one attached hydrogen (secondary N) is 2. The van der Waals surface area contributed by atoms with Gasteiger partial charge in [0.25, 0.3) is 0 Å². The Labute approximate surface area is 338 Å². The van der Waals surface area contributed by atoms with E-state index in [4.69, 9.17) is 15.1 Å². The Balaban J connectivity index is 0.960. The van der Waals surface area contributed by atoms with Gasteiger partial charge in [0, 0.05) is 47.6 Å². The lowest BCUT2D eigenvalue weighted by atomic mass is 9.35. The molecule has 12 nitrogen and oxygen atoms in total. The first-order valence-corrected chi connectivity index (χ1v) is 21.6. The summed E-state index contributed by atoms with van der Waals surface area (Å²) < 4.78 is 3.27. The highest BCUT2D eigenvalue weighted by molar-refractivity contribution is 7.22. The normalized spacial score (nSPS) is 26.3. The van der Waals surface area contributed by atoms with E-state index in [9.17, 15) is 15.0 Å². The Kier molecular flexibility index (Phi) is 9.64. The van der Waals surface area contributed by atoms with Gasteiger partial charge in [0.05, 0.1) is 16.4 Å². The monoisotopic (exact) mass is 789 g/mol. The lowest BCUT2D eigenvalue weighted by molar-refractivity contribution is -0.197. The van der Waals surface area contributed by atoms with E-state index < -0.39 is 5.97 Å². The van der Waals surface area contributed by atoms with Crippen molar-refractivity contribution in [2.75, 3.05) is 36.5 Å². The Morgan fingerprint density at radius 3 is 2.46 bits per heavy atom. The van der Waals surface area contributed by atoms with Gasteiger partial charge in [-0.3, -0.25) is 4.68 Å². The molecule has 4 N–H and O–H groups in total. The van der Waals surface area contributed by atoms with Crippen LogP contribution in [0.5, 0.6) is 0 Å². The van der Waals surface area contributed by atoms with Crippen LogP contribution in [0.15, 0.2) is 42.6 Å². The molecular formula is C44H55N9O3S. The molecule has 0 radical (unpaired) electrons. The lowest BCUT2D eigenvalue weighted by Gasteiger charge is -2.70. The van der Waals surface area contributed by atoms with Crippen LogP contribution < -0.4 is 15.5 Å². The van der Waals surface area contributed by atoms with Gasteiger partial charge in [0.1, 0.15) is 5.82 Å². The molecular weight excluding hydrogens is 735 g/mol. The molecule has 0 saturated heterocycles. The van der Waals surface area contributed by atoms with E-state index in [1.54, 1.807) is 11.3 Å². The summed E-state index contributed by atoms with van der Waals surface area (Å²) in [5.41, 5.74) is 6.59. The van der Waals surface area contributed by atoms with E-state index in [2.05, 4.69) is 59.3 Å². The smallest absolute Gasteiger partial charge is 0.355 e. The minimum atomic E-state index is -1.07. The highest BCUT2D eigenvalue weighted by atomic mass is 32.1. The number of hydrogen-bond acceptors (Lipinski definition) is 11. The van der Waals surface area contributed by atoms with Crippen molar-refractivity contribution in [2.45, 2.75) is 105 Å². The summed E-state index contributed by atoms with van der Waals surface area (Å²) in [5, 5.41) is 41.7. The van der Waals surface area contributed by atoms with Crippen LogP contribution in [0.3, 0.4) is 0 Å². The molecule has 57 heavy (non-hydrogen) atoms. The number of carbonyl (C=O) groups is 1. The number of aliphatic hydroxyl groups is 1. The Hall–Kier alpha value is -4.46. The first kappa shape index (κ1) is 38.1. The first-order chi connectivity index (χ1) is 27.4. The molecule has 4 saturated carbocycles. The van der Waals surface area contributed by atoms with Gasteiger partial charge in [-0.1, -0.05) is 37.3 Å². The molecule has 1 aromatic carbocycles. The number of thiazole rings is 1. The number of nitrogens with zero attached hydrogens (tertiary/aromatic N) is 7. The van der Waals surface area contributed by atoms with Crippen molar-refractivity contribution >= 4 is 50.1 Å². The van der Waals surface area contributed by atoms with Crippen LogP contribution in [-0.2, 0) is 13.0 Å². The summed E-state index contributed by atoms with van der Waals surface area (Å²) in [6, 6.07) is 11.9. The van der Waals surface area contributed by atoms with Gasteiger partial charge in [0.2, 0.25) is 0 Å². The number of fused-ring (bicyclic) bond motifs is 2. The van der Waals surface area contributed by atoms with Crippen molar-refractivity contribution in [2.24, 2.45) is 21.7 Å². The number of aliphatic hydroxyl groups excluding tert-OH is 1. The van der Waals surface area contributed by atoms with Crippen molar-refractivity contribution < 1.29 is 15.0 Å². The zero-order valence-corrected chi connectivity index (χ0v) is 34.5. The highest BCUT2D eigenvalue weighted by Crippen LogP contribution is 2.75. The van der Waals surface area contributed by atoms with Crippen LogP contribution in [-0.4, -0.2) is 72.4 Å². The predicted molar refractivity (Wildman–Crippen MR) is 225 cm³/mol. The third-order valence-corrected chi connectivity index (χ3v) is 14.5. The third-order valence-electron chi connectivity index (χ3n) is 13.5. The maximum absolute atomic E-state index is 12.9. The predicted octanol–water partition coefficient (Wildman–Crippen LogP) is 8.61. The molecule has 10 rings (SSSR count). The SMILES string of the molecule is Cc1c(Nc2nc3ccccc3s2)nnc2c1CCCN2c1ccc(-c2cnn(C[C@]34C[C@@]5(C)C[C@](C)(C[C@](CCCNCCCO)(C5)C3)C4)c2C)c(C(=O)O)n1. The van der Waals surface area contributed by atoms with E-state index in [1.807, 2.05) is 41.4 Å². The van der Waals surface area contributed by atoms with Crippen molar-refractivity contribution in [1.82, 2.24) is 35.3 Å². The number of hydrogen-bond donors (Lipinski definition) is 4. The minimum absolute atomic E-state index is 0.0162. The Morgan fingerprint density at radius 1 is 0.912 bits per heavy atom. The largest absolute Gasteiger partial charge is 0.476 e. The fourth-order valence-corrected chi connectivity index (χ4v) is 13.5. The maximum Gasteiger partial charge on any atom is 0.355 e. The molecule has 0 amide bonds. The summed E-state index contributed by atoms with van der Waals surface area (Å²) in [6.45, 7) is 12.8. The molecule has 5 heterocycles. The summed E-state index contributed by atoms with van der Waals surface area (Å²) in [7, 11) is 0. The molecule has 0 spiro atoms. The van der Waals surface area contributed by atoms with E-state index >= 15 is 0 Å². The van der Waals surface area contributed by atoms with Crippen molar-refractivity contribution in [1.29, 1.82) is 0 Å². The summed E-state index contributed by atoms with van der Waals surface area (Å²) in [6.07, 6.45) is 14.4. The van der Waals surface area contributed by atoms with Crippen LogP contribution in [0.2, 0.25) is 0 Å². The van der Waals surface area contributed by atoms with E-state index in [1.165, 1.54) is 44.9 Å². The standard InChI is InChI=1S/C44H55N9O3S/c1-28-30-10-7-18-52(38(30)51-50-37(28)49-40-47-33-11-5-6-12-34(33)57-40)35-14-13-31(36(48-35)39(55)56)32-20-46-53(29(32)2)27-44-24-41(3)21-42(4,25-44)23-43(22-41,26-44)15-8-16-45-17-9-19-54/h5-6,11-14,20,45,54H,7-10,15-19,21-27H2,1-4H3,(H,55,56)(H,47,49,50)/t41-,42+,43-,44-. The fraction of sp³-hybridized carbons (Fsp3) is 0.545. The molecule has 5 aliphatic rings. The second-order valence-corrected chi connectivity index (χ2v) is 19.7. The number of para-hydroxylation sites is 1. The number of anilines is 4. The summed E-state index contributed by atoms with van der Waals surface area (Å²) in [5.74, 6) is 0.865. The van der Waals surface area contributed by atoms with Crippen molar-refractivity contribution in [3.05, 3.63) is 65.1 Å². The second kappa shape index (κ2) is 14.4. The fourth-order valence-electron chi connectivity index (χ4n) is 12.7. The molecule has 4 atom stereocenters. The molecule has 300 valence electrons. The topological polar surface area (TPSA) is 154 Å². The zero-order valence-electron chi connectivity index (χ0n) is 33.7. The molecule has 4 fully saturated rings. The van der Waals surface area contributed by atoms with Gasteiger partial charge in [0.15, 0.2) is 22.5 Å². The van der Waals surface area contributed by atoms with Crippen LogP contribution in [0, 0.1) is 35.5 Å². The van der Waals surface area contributed by atoms with Gasteiger partial charge in [-0.05, 0) is 143 Å². The molecule has 4 aliphatic carbocycles.